The van der Waals surface area contributed by atoms with Gasteiger partial charge in [-0.3, -0.25) is 4.79 Å². The highest BCUT2D eigenvalue weighted by atomic mass is 16.5. The molecule has 0 radical (unpaired) electrons. The molecule has 0 bridgehead atoms. The van der Waals surface area contributed by atoms with Crippen LogP contribution in [-0.2, 0) is 11.3 Å². The zero-order valence-electron chi connectivity index (χ0n) is 15.9. The van der Waals surface area contributed by atoms with Crippen LogP contribution in [0.5, 0.6) is 11.5 Å². The highest BCUT2D eigenvalue weighted by Crippen LogP contribution is 2.28. The maximum Gasteiger partial charge on any atom is 0.230 e. The molecule has 7 heteroatoms. The van der Waals surface area contributed by atoms with Crippen LogP contribution in [0.1, 0.15) is 35.4 Å². The predicted octanol–water partition coefficient (Wildman–Crippen LogP) is 2.43. The second kappa shape index (κ2) is 8.71. The van der Waals surface area contributed by atoms with E-state index in [4.69, 9.17) is 14.0 Å². The Bertz CT molecular complexity index is 737. The minimum Gasteiger partial charge on any atom is -0.497 e. The average molecular weight is 362 g/mol. The van der Waals surface area contributed by atoms with Crippen LogP contribution < -0.4 is 9.47 Å². The fourth-order valence-corrected chi connectivity index (χ4v) is 3.10. The molecule has 26 heavy (non-hydrogen) atoms. The van der Waals surface area contributed by atoms with Crippen molar-refractivity contribution in [2.24, 2.45) is 0 Å². The Morgan fingerprint density at radius 1 is 1.31 bits per heavy atom. The maximum absolute atomic E-state index is 13.1. The first-order valence-corrected chi connectivity index (χ1v) is 8.46. The summed E-state index contributed by atoms with van der Waals surface area (Å²) in [5, 5.41) is 13.4. The lowest BCUT2D eigenvalue weighted by Crippen LogP contribution is -2.36. The standard InChI is InChI=1S/C19H26N2O5/c1-12(18-13(2)20-26-14(18)3)19(23)21(8-9-22)11-15-10-16(24-4)6-7-17(15)25-5/h6-7,10,12,22H,8-9,11H2,1-5H3. The molecule has 0 fully saturated rings. The van der Waals surface area contributed by atoms with Gasteiger partial charge in [0.2, 0.25) is 5.91 Å². The van der Waals surface area contributed by atoms with E-state index < -0.39 is 5.92 Å². The first-order valence-electron chi connectivity index (χ1n) is 8.46. The number of hydrogen-bond donors (Lipinski definition) is 1. The largest absolute Gasteiger partial charge is 0.497 e. The number of rotatable bonds is 8. The number of amides is 1. The molecule has 142 valence electrons. The van der Waals surface area contributed by atoms with Gasteiger partial charge in [0.25, 0.3) is 0 Å². The van der Waals surface area contributed by atoms with Crippen LogP contribution in [-0.4, -0.2) is 48.4 Å². The number of aliphatic hydroxyl groups excluding tert-OH is 1. The summed E-state index contributed by atoms with van der Waals surface area (Å²) in [6.07, 6.45) is 0. The molecule has 1 amide bonds. The Morgan fingerprint density at radius 3 is 2.58 bits per heavy atom. The molecule has 2 rings (SSSR count). The number of aliphatic hydroxyl groups is 1. The van der Waals surface area contributed by atoms with Crippen LogP contribution in [0.3, 0.4) is 0 Å². The minimum absolute atomic E-state index is 0.113. The molecule has 1 N–H and O–H groups in total. The number of carbonyl (C=O) groups excluding carboxylic acids is 1. The summed E-state index contributed by atoms with van der Waals surface area (Å²) in [5.41, 5.74) is 2.29. The molecule has 0 aliphatic heterocycles. The first kappa shape index (κ1) is 19.8. The number of aryl methyl sites for hydroxylation is 2. The van der Waals surface area contributed by atoms with Gasteiger partial charge < -0.3 is 24.0 Å². The van der Waals surface area contributed by atoms with Crippen LogP contribution in [0.2, 0.25) is 0 Å². The van der Waals surface area contributed by atoms with Crippen molar-refractivity contribution in [1.82, 2.24) is 10.1 Å². The van der Waals surface area contributed by atoms with E-state index in [1.54, 1.807) is 38.2 Å². The zero-order valence-corrected chi connectivity index (χ0v) is 15.9. The molecule has 7 nitrogen and oxygen atoms in total. The second-order valence-electron chi connectivity index (χ2n) is 6.12. The minimum atomic E-state index is -0.426. The lowest BCUT2D eigenvalue weighted by molar-refractivity contribution is -0.133. The smallest absolute Gasteiger partial charge is 0.230 e. The van der Waals surface area contributed by atoms with Crippen LogP contribution in [0, 0.1) is 13.8 Å². The average Bonchev–Trinajstić information content (AvgIpc) is 2.98. The molecule has 1 aromatic heterocycles. The lowest BCUT2D eigenvalue weighted by atomic mass is 9.97. The van der Waals surface area contributed by atoms with Crippen LogP contribution in [0.25, 0.3) is 0 Å². The molecular formula is C19H26N2O5. The van der Waals surface area contributed by atoms with E-state index in [9.17, 15) is 9.90 Å². The van der Waals surface area contributed by atoms with Crippen molar-refractivity contribution in [3.8, 4) is 11.5 Å². The molecule has 0 saturated heterocycles. The van der Waals surface area contributed by atoms with Crippen molar-refractivity contribution in [2.75, 3.05) is 27.4 Å². The molecule has 0 aliphatic carbocycles. The van der Waals surface area contributed by atoms with Gasteiger partial charge in [0.05, 0.1) is 32.4 Å². The summed E-state index contributed by atoms with van der Waals surface area (Å²) >= 11 is 0. The molecule has 1 aromatic carbocycles. The SMILES string of the molecule is COc1ccc(OC)c(CN(CCO)C(=O)C(C)c2c(C)noc2C)c1. The Balaban J connectivity index is 2.30. The van der Waals surface area contributed by atoms with Gasteiger partial charge in [0, 0.05) is 24.2 Å². The quantitative estimate of drug-likeness (QED) is 0.776. The molecule has 1 atom stereocenters. The number of nitrogens with zero attached hydrogens (tertiary/aromatic N) is 2. The van der Waals surface area contributed by atoms with Gasteiger partial charge >= 0.3 is 0 Å². The number of hydrogen-bond acceptors (Lipinski definition) is 6. The van der Waals surface area contributed by atoms with E-state index in [0.29, 0.717) is 29.5 Å². The van der Waals surface area contributed by atoms with Crippen molar-refractivity contribution in [2.45, 2.75) is 33.2 Å². The van der Waals surface area contributed by atoms with Gasteiger partial charge in [0.1, 0.15) is 17.3 Å². The summed E-state index contributed by atoms with van der Waals surface area (Å²) in [5.74, 6) is 1.43. The van der Waals surface area contributed by atoms with Crippen LogP contribution in [0.15, 0.2) is 22.7 Å². The second-order valence-corrected chi connectivity index (χ2v) is 6.12. The third-order valence-electron chi connectivity index (χ3n) is 4.42. The number of benzene rings is 1. The number of aromatic nitrogens is 1. The van der Waals surface area contributed by atoms with Crippen molar-refractivity contribution < 1.29 is 23.9 Å². The molecule has 2 aromatic rings. The van der Waals surface area contributed by atoms with E-state index in [2.05, 4.69) is 5.16 Å². The van der Waals surface area contributed by atoms with Crippen LogP contribution >= 0.6 is 0 Å². The fourth-order valence-electron chi connectivity index (χ4n) is 3.10. The van der Waals surface area contributed by atoms with E-state index >= 15 is 0 Å². The van der Waals surface area contributed by atoms with Gasteiger partial charge in [-0.25, -0.2) is 0 Å². The van der Waals surface area contributed by atoms with E-state index in [0.717, 1.165) is 11.1 Å². The highest BCUT2D eigenvalue weighted by molar-refractivity contribution is 5.84. The van der Waals surface area contributed by atoms with Crippen molar-refractivity contribution in [3.05, 3.63) is 40.8 Å². The van der Waals surface area contributed by atoms with Gasteiger partial charge in [0.15, 0.2) is 0 Å². The summed E-state index contributed by atoms with van der Waals surface area (Å²) < 4.78 is 15.8. The Labute approximate surface area is 153 Å². The molecule has 0 aliphatic rings. The van der Waals surface area contributed by atoms with Gasteiger partial charge in [-0.05, 0) is 39.0 Å². The van der Waals surface area contributed by atoms with Crippen molar-refractivity contribution in [3.63, 3.8) is 0 Å². The van der Waals surface area contributed by atoms with Gasteiger partial charge in [-0.15, -0.1) is 0 Å². The monoisotopic (exact) mass is 362 g/mol. The van der Waals surface area contributed by atoms with Crippen molar-refractivity contribution in [1.29, 1.82) is 0 Å². The normalized spacial score (nSPS) is 11.9. The third kappa shape index (κ3) is 4.16. The van der Waals surface area contributed by atoms with Crippen molar-refractivity contribution >= 4 is 5.91 Å². The maximum atomic E-state index is 13.1. The molecule has 0 saturated carbocycles. The molecular weight excluding hydrogens is 336 g/mol. The number of methoxy groups -OCH3 is 2. The Kier molecular flexibility index (Phi) is 6.63. The van der Waals surface area contributed by atoms with E-state index in [1.165, 1.54) is 0 Å². The van der Waals surface area contributed by atoms with Crippen LogP contribution in [0.4, 0.5) is 0 Å². The van der Waals surface area contributed by atoms with Gasteiger partial charge in [-0.1, -0.05) is 5.16 Å². The number of ether oxygens (including phenoxy) is 2. The third-order valence-corrected chi connectivity index (χ3v) is 4.42. The Hall–Kier alpha value is -2.54. The Morgan fingerprint density at radius 2 is 2.04 bits per heavy atom. The van der Waals surface area contributed by atoms with E-state index in [-0.39, 0.29) is 19.1 Å². The highest BCUT2D eigenvalue weighted by Gasteiger charge is 2.27. The molecule has 1 unspecified atom stereocenters. The number of carbonyl (C=O) groups is 1. The predicted molar refractivity (Wildman–Crippen MR) is 96.4 cm³/mol. The first-order chi connectivity index (χ1) is 12.4. The summed E-state index contributed by atoms with van der Waals surface area (Å²) in [7, 11) is 3.16. The summed E-state index contributed by atoms with van der Waals surface area (Å²) in [6, 6.07) is 5.43. The zero-order chi connectivity index (χ0) is 19.3. The molecule has 0 spiro atoms. The summed E-state index contributed by atoms with van der Waals surface area (Å²) in [4.78, 5) is 14.7. The molecule has 1 heterocycles. The lowest BCUT2D eigenvalue weighted by Gasteiger charge is -2.26. The van der Waals surface area contributed by atoms with E-state index in [1.807, 2.05) is 19.9 Å². The van der Waals surface area contributed by atoms with Gasteiger partial charge in [-0.2, -0.15) is 0 Å². The topological polar surface area (TPSA) is 85.0 Å². The fraction of sp³-hybridized carbons (Fsp3) is 0.474. The summed E-state index contributed by atoms with van der Waals surface area (Å²) in [6.45, 7) is 5.81.